The molecule has 2 heterocycles. The molecular weight excluding hydrogens is 280 g/mol. The van der Waals surface area contributed by atoms with Gasteiger partial charge in [-0.3, -0.25) is 0 Å². The Hall–Kier alpha value is -0.620. The van der Waals surface area contributed by atoms with Crippen LogP contribution in [0.15, 0.2) is 10.7 Å². The van der Waals surface area contributed by atoms with Crippen LogP contribution in [0.3, 0.4) is 0 Å². The molecule has 1 aliphatic heterocycles. The molecule has 1 atom stereocenters. The van der Waals surface area contributed by atoms with Crippen molar-refractivity contribution in [1.82, 2.24) is 9.97 Å². The van der Waals surface area contributed by atoms with Gasteiger partial charge in [0.2, 0.25) is 0 Å². The molecule has 2 rings (SSSR count). The molecule has 0 aliphatic carbocycles. The van der Waals surface area contributed by atoms with Gasteiger partial charge in [0, 0.05) is 6.20 Å². The quantitative estimate of drug-likeness (QED) is 0.906. The van der Waals surface area contributed by atoms with E-state index in [-0.39, 0.29) is 10.9 Å². The molecule has 15 heavy (non-hydrogen) atoms. The summed E-state index contributed by atoms with van der Waals surface area (Å²) in [6.07, 6.45) is 3.70. The monoisotopic (exact) mass is 288 g/mol. The zero-order valence-corrected chi connectivity index (χ0v) is 10.2. The Morgan fingerprint density at radius 2 is 2.47 bits per heavy atom. The number of carbonyl (C=O) groups is 1. The maximum absolute atomic E-state index is 10.9. The molecule has 0 saturated carbocycles. The Bertz CT molecular complexity index is 394. The van der Waals surface area contributed by atoms with Gasteiger partial charge in [-0.2, -0.15) is 11.8 Å². The van der Waals surface area contributed by atoms with E-state index in [1.807, 2.05) is 0 Å². The van der Waals surface area contributed by atoms with Crippen molar-refractivity contribution in [3.05, 3.63) is 22.2 Å². The number of aromatic nitrogens is 2. The average Bonchev–Trinajstić information content (AvgIpc) is 2.71. The molecule has 6 heteroatoms. The zero-order valence-electron chi connectivity index (χ0n) is 7.81. The fraction of sp³-hybridized carbons (Fsp3) is 0.444. The van der Waals surface area contributed by atoms with Crippen LogP contribution in [0, 0.1) is 0 Å². The molecule has 1 aromatic heterocycles. The van der Waals surface area contributed by atoms with Crippen LogP contribution in [-0.4, -0.2) is 26.8 Å². The molecule has 1 saturated heterocycles. The van der Waals surface area contributed by atoms with E-state index in [1.54, 1.807) is 11.8 Å². The van der Waals surface area contributed by atoms with E-state index in [0.717, 1.165) is 18.6 Å². The first-order valence-corrected chi connectivity index (χ1v) is 6.40. The Kier molecular flexibility index (Phi) is 3.25. The summed E-state index contributed by atoms with van der Waals surface area (Å²) in [4.78, 5) is 19.1. The lowest BCUT2D eigenvalue weighted by atomic mass is 10.2. The van der Waals surface area contributed by atoms with Crippen molar-refractivity contribution in [3.8, 4) is 0 Å². The molecule has 0 radical (unpaired) electrons. The first-order valence-electron chi connectivity index (χ1n) is 4.56. The number of aromatic carboxylic acids is 1. The van der Waals surface area contributed by atoms with E-state index in [2.05, 4.69) is 25.9 Å². The summed E-state index contributed by atoms with van der Waals surface area (Å²) in [6, 6.07) is 0. The second kappa shape index (κ2) is 4.49. The first-order chi connectivity index (χ1) is 7.18. The van der Waals surface area contributed by atoms with Crippen molar-refractivity contribution in [1.29, 1.82) is 0 Å². The van der Waals surface area contributed by atoms with Crippen LogP contribution in [0.1, 0.15) is 34.4 Å². The van der Waals surface area contributed by atoms with Crippen molar-refractivity contribution < 1.29 is 9.90 Å². The van der Waals surface area contributed by atoms with Gasteiger partial charge >= 0.3 is 5.97 Å². The maximum Gasteiger partial charge on any atom is 0.355 e. The minimum absolute atomic E-state index is 0.0486. The normalized spacial score (nSPS) is 20.5. The van der Waals surface area contributed by atoms with Crippen molar-refractivity contribution >= 4 is 33.7 Å². The first kappa shape index (κ1) is 10.9. The van der Waals surface area contributed by atoms with Crippen LogP contribution in [-0.2, 0) is 0 Å². The van der Waals surface area contributed by atoms with Gasteiger partial charge in [0.05, 0.1) is 9.72 Å². The molecule has 0 spiro atoms. The number of hydrogen-bond donors (Lipinski definition) is 1. The minimum Gasteiger partial charge on any atom is -0.476 e. The van der Waals surface area contributed by atoms with Crippen molar-refractivity contribution in [2.24, 2.45) is 0 Å². The number of rotatable bonds is 2. The van der Waals surface area contributed by atoms with Gasteiger partial charge in [0.15, 0.2) is 5.69 Å². The summed E-state index contributed by atoms with van der Waals surface area (Å²) in [5, 5.41) is 9.17. The fourth-order valence-corrected chi connectivity index (χ4v) is 3.04. The van der Waals surface area contributed by atoms with Crippen molar-refractivity contribution in [2.45, 2.75) is 18.1 Å². The molecule has 0 aromatic carbocycles. The topological polar surface area (TPSA) is 63.1 Å². The number of carboxylic acids is 1. The van der Waals surface area contributed by atoms with E-state index in [1.165, 1.54) is 6.20 Å². The highest BCUT2D eigenvalue weighted by Gasteiger charge is 2.22. The van der Waals surface area contributed by atoms with E-state index in [0.29, 0.717) is 10.3 Å². The van der Waals surface area contributed by atoms with E-state index in [4.69, 9.17) is 5.11 Å². The highest BCUT2D eigenvalue weighted by atomic mass is 79.9. The van der Waals surface area contributed by atoms with E-state index >= 15 is 0 Å². The zero-order chi connectivity index (χ0) is 10.8. The van der Waals surface area contributed by atoms with Crippen LogP contribution in [0.25, 0.3) is 0 Å². The summed E-state index contributed by atoms with van der Waals surface area (Å²) < 4.78 is 0.432. The summed E-state index contributed by atoms with van der Waals surface area (Å²) in [5.41, 5.74) is 0.0486. The van der Waals surface area contributed by atoms with Gasteiger partial charge in [0.25, 0.3) is 0 Å². The van der Waals surface area contributed by atoms with Crippen LogP contribution in [0.5, 0.6) is 0 Å². The third-order valence-electron chi connectivity index (χ3n) is 2.18. The molecular formula is C9H9BrN2O2S. The van der Waals surface area contributed by atoms with Crippen molar-refractivity contribution in [3.63, 3.8) is 0 Å². The molecule has 1 fully saturated rings. The average molecular weight is 289 g/mol. The third-order valence-corrected chi connectivity index (χ3v) is 4.14. The van der Waals surface area contributed by atoms with Crippen LogP contribution < -0.4 is 0 Å². The minimum atomic E-state index is -1.02. The van der Waals surface area contributed by atoms with Gasteiger partial charge in [-0.15, -0.1) is 0 Å². The molecule has 0 bridgehead atoms. The van der Waals surface area contributed by atoms with Crippen LogP contribution >= 0.6 is 27.7 Å². The summed E-state index contributed by atoms with van der Waals surface area (Å²) in [7, 11) is 0. The summed E-state index contributed by atoms with van der Waals surface area (Å²) in [5.74, 6) is 0.721. The Balaban J connectivity index is 2.33. The summed E-state index contributed by atoms with van der Waals surface area (Å²) in [6.45, 7) is 0. The predicted octanol–water partition coefficient (Wildman–Crippen LogP) is 2.51. The number of thioether (sulfide) groups is 1. The highest BCUT2D eigenvalue weighted by molar-refractivity contribution is 9.10. The molecule has 1 N–H and O–H groups in total. The van der Waals surface area contributed by atoms with E-state index in [9.17, 15) is 4.79 Å². The Morgan fingerprint density at radius 3 is 3.07 bits per heavy atom. The lowest BCUT2D eigenvalue weighted by Crippen LogP contribution is -2.07. The molecule has 1 aliphatic rings. The fourth-order valence-electron chi connectivity index (χ4n) is 1.47. The van der Waals surface area contributed by atoms with Crippen LogP contribution in [0.2, 0.25) is 0 Å². The molecule has 4 nitrogen and oxygen atoms in total. The third kappa shape index (κ3) is 2.31. The highest BCUT2D eigenvalue weighted by Crippen LogP contribution is 2.38. The molecule has 80 valence electrons. The maximum atomic E-state index is 10.9. The van der Waals surface area contributed by atoms with Crippen molar-refractivity contribution in [2.75, 3.05) is 5.75 Å². The lowest BCUT2D eigenvalue weighted by Gasteiger charge is -2.07. The Morgan fingerprint density at radius 1 is 1.67 bits per heavy atom. The summed E-state index contributed by atoms with van der Waals surface area (Å²) >= 11 is 4.92. The smallest absolute Gasteiger partial charge is 0.355 e. The lowest BCUT2D eigenvalue weighted by molar-refractivity contribution is 0.0688. The number of carboxylic acid groups (broad SMARTS) is 1. The molecule has 1 aromatic rings. The number of hydrogen-bond acceptors (Lipinski definition) is 4. The second-order valence-corrected chi connectivity index (χ2v) is 5.40. The molecule has 1 unspecified atom stereocenters. The predicted molar refractivity (Wildman–Crippen MR) is 61.1 cm³/mol. The standard InChI is InChI=1S/C9H9BrN2O2S/c10-5-4-11-8(6-2-1-3-15-6)12-7(5)9(13)14/h4,6H,1-3H2,(H,13,14). The van der Waals surface area contributed by atoms with Gasteiger partial charge in [-0.25, -0.2) is 14.8 Å². The second-order valence-electron chi connectivity index (χ2n) is 3.23. The molecule has 0 amide bonds. The Labute approximate surface area is 99.6 Å². The largest absolute Gasteiger partial charge is 0.476 e. The number of halogens is 1. The van der Waals surface area contributed by atoms with E-state index < -0.39 is 5.97 Å². The van der Waals surface area contributed by atoms with Gasteiger partial charge < -0.3 is 5.11 Å². The van der Waals surface area contributed by atoms with Gasteiger partial charge in [0.1, 0.15) is 5.82 Å². The number of nitrogens with zero attached hydrogens (tertiary/aromatic N) is 2. The van der Waals surface area contributed by atoms with Gasteiger partial charge in [-0.05, 0) is 34.5 Å². The SMILES string of the molecule is O=C(O)c1nc(C2CCCS2)ncc1Br. The van der Waals surface area contributed by atoms with Gasteiger partial charge in [-0.1, -0.05) is 0 Å². The van der Waals surface area contributed by atoms with Crippen LogP contribution in [0.4, 0.5) is 0 Å².